The molecule has 0 spiro atoms. The number of halogens is 1. The molecule has 1 atom stereocenters. The van der Waals surface area contributed by atoms with Crippen molar-refractivity contribution in [3.8, 4) is 11.5 Å². The van der Waals surface area contributed by atoms with Crippen molar-refractivity contribution in [2.45, 2.75) is 10.1 Å². The van der Waals surface area contributed by atoms with Crippen LogP contribution in [-0.2, 0) is 9.59 Å². The van der Waals surface area contributed by atoms with Crippen LogP contribution in [0, 0.1) is 5.82 Å². The predicted molar refractivity (Wildman–Crippen MR) is 187 cm³/mol. The van der Waals surface area contributed by atoms with E-state index in [0.717, 1.165) is 5.56 Å². The van der Waals surface area contributed by atoms with Gasteiger partial charge < -0.3 is 25.4 Å². The molecule has 1 unspecified atom stereocenters. The third-order valence-electron chi connectivity index (χ3n) is 7.06. The summed E-state index contributed by atoms with van der Waals surface area (Å²) in [7, 11) is 3.06. The molecule has 0 aromatic heterocycles. The van der Waals surface area contributed by atoms with E-state index in [2.05, 4.69) is 16.0 Å². The van der Waals surface area contributed by atoms with Crippen molar-refractivity contribution in [1.82, 2.24) is 5.32 Å². The fraction of sp³-hybridized carbons (Fsp3) is 0.0789. The van der Waals surface area contributed by atoms with E-state index in [1.165, 1.54) is 49.2 Å². The van der Waals surface area contributed by atoms with Crippen LogP contribution in [0.2, 0.25) is 0 Å². The molecule has 10 heteroatoms. The fourth-order valence-corrected chi connectivity index (χ4v) is 5.74. The van der Waals surface area contributed by atoms with Gasteiger partial charge in [0.1, 0.15) is 28.3 Å². The Hall–Kier alpha value is -5.87. The molecule has 242 valence electrons. The van der Waals surface area contributed by atoms with Crippen molar-refractivity contribution >= 4 is 46.9 Å². The summed E-state index contributed by atoms with van der Waals surface area (Å²) in [6.45, 7) is 0. The number of methoxy groups -OCH3 is 2. The van der Waals surface area contributed by atoms with Crippen molar-refractivity contribution < 1.29 is 28.2 Å². The maximum atomic E-state index is 13.8. The molecule has 0 aliphatic heterocycles. The molecule has 0 aliphatic rings. The lowest BCUT2D eigenvalue weighted by atomic mass is 10.1. The Morgan fingerprint density at radius 3 is 2.15 bits per heavy atom. The first-order valence-corrected chi connectivity index (χ1v) is 15.7. The van der Waals surface area contributed by atoms with E-state index in [1.54, 1.807) is 73.8 Å². The largest absolute Gasteiger partial charge is 0.497 e. The molecular weight excluding hydrogens is 629 g/mol. The number of thioether (sulfide) groups is 1. The minimum atomic E-state index is -0.674. The molecule has 3 N–H and O–H groups in total. The van der Waals surface area contributed by atoms with Gasteiger partial charge in [-0.3, -0.25) is 14.4 Å². The second kappa shape index (κ2) is 16.1. The van der Waals surface area contributed by atoms with Crippen molar-refractivity contribution in [1.29, 1.82) is 0 Å². The molecular formula is C38H32FN3O5S. The minimum absolute atomic E-state index is 0.0395. The van der Waals surface area contributed by atoms with Crippen LogP contribution in [0.5, 0.6) is 11.5 Å². The number of carbonyl (C=O) groups excluding carboxylic acids is 3. The number of amides is 3. The Kier molecular flexibility index (Phi) is 11.2. The number of benzene rings is 5. The highest BCUT2D eigenvalue weighted by Gasteiger charge is 2.24. The Morgan fingerprint density at radius 1 is 0.750 bits per heavy atom. The number of rotatable bonds is 12. The Labute approximate surface area is 282 Å². The number of carbonyl (C=O) groups is 3. The summed E-state index contributed by atoms with van der Waals surface area (Å²) < 4.78 is 24.3. The van der Waals surface area contributed by atoms with Crippen LogP contribution in [0.25, 0.3) is 6.08 Å². The summed E-state index contributed by atoms with van der Waals surface area (Å²) in [6.07, 6.45) is 1.47. The van der Waals surface area contributed by atoms with Crippen molar-refractivity contribution in [2.24, 2.45) is 0 Å². The standard InChI is InChI=1S/C38H32FN3O5S/c1-46-30-20-21-34(47-2)32(24-30)41-38(45)35(26-10-5-3-6-11-26)48-31-15-9-14-29(23-31)40-37(44)33(22-25-16-18-28(39)19-17-25)42-36(43)27-12-7-4-8-13-27/h3-24,35H,1-2H3,(H,40,44)(H,41,45)(H,42,43)/b33-22-. The van der Waals surface area contributed by atoms with Gasteiger partial charge >= 0.3 is 0 Å². The van der Waals surface area contributed by atoms with Gasteiger partial charge in [0.25, 0.3) is 11.8 Å². The van der Waals surface area contributed by atoms with E-state index < -0.39 is 22.9 Å². The average molecular weight is 662 g/mol. The summed E-state index contributed by atoms with van der Waals surface area (Å²) in [5, 5.41) is 7.82. The maximum Gasteiger partial charge on any atom is 0.272 e. The van der Waals surface area contributed by atoms with Crippen molar-refractivity contribution in [3.63, 3.8) is 0 Å². The van der Waals surface area contributed by atoms with Gasteiger partial charge in [0, 0.05) is 22.2 Å². The molecule has 5 rings (SSSR count). The molecule has 0 saturated carbocycles. The van der Waals surface area contributed by atoms with Crippen LogP contribution in [0.3, 0.4) is 0 Å². The zero-order chi connectivity index (χ0) is 33.9. The van der Waals surface area contributed by atoms with Gasteiger partial charge in [-0.15, -0.1) is 11.8 Å². The first-order chi connectivity index (χ1) is 23.3. The van der Waals surface area contributed by atoms with E-state index in [4.69, 9.17) is 9.47 Å². The van der Waals surface area contributed by atoms with Crippen LogP contribution >= 0.6 is 11.8 Å². The van der Waals surface area contributed by atoms with E-state index in [1.807, 2.05) is 36.4 Å². The van der Waals surface area contributed by atoms with E-state index in [0.29, 0.717) is 38.9 Å². The zero-order valence-electron chi connectivity index (χ0n) is 26.1. The molecule has 0 aliphatic carbocycles. The highest BCUT2D eigenvalue weighted by molar-refractivity contribution is 8.00. The molecule has 48 heavy (non-hydrogen) atoms. The number of anilines is 2. The number of nitrogens with one attached hydrogen (secondary N) is 3. The average Bonchev–Trinajstić information content (AvgIpc) is 3.12. The van der Waals surface area contributed by atoms with Gasteiger partial charge in [-0.2, -0.15) is 0 Å². The first-order valence-electron chi connectivity index (χ1n) is 14.8. The van der Waals surface area contributed by atoms with Gasteiger partial charge in [0.15, 0.2) is 0 Å². The Balaban J connectivity index is 1.38. The molecule has 0 radical (unpaired) electrons. The van der Waals surface area contributed by atoms with E-state index in [9.17, 15) is 18.8 Å². The highest BCUT2D eigenvalue weighted by atomic mass is 32.2. The lowest BCUT2D eigenvalue weighted by Crippen LogP contribution is -2.30. The summed E-state index contributed by atoms with van der Waals surface area (Å²) in [6, 6.07) is 35.5. The predicted octanol–water partition coefficient (Wildman–Crippen LogP) is 7.72. The molecule has 5 aromatic rings. The van der Waals surface area contributed by atoms with Crippen LogP contribution in [0.4, 0.5) is 15.8 Å². The summed E-state index contributed by atoms with van der Waals surface area (Å²) in [4.78, 5) is 41.0. The third-order valence-corrected chi connectivity index (χ3v) is 8.31. The SMILES string of the molecule is COc1ccc(OC)c(NC(=O)C(Sc2cccc(NC(=O)/C(=C/c3ccc(F)cc3)NC(=O)c3ccccc3)c2)c2ccccc2)c1. The minimum Gasteiger partial charge on any atom is -0.497 e. The molecule has 3 amide bonds. The monoisotopic (exact) mass is 661 g/mol. The Morgan fingerprint density at radius 2 is 1.46 bits per heavy atom. The van der Waals surface area contributed by atoms with Crippen molar-refractivity contribution in [3.05, 3.63) is 156 Å². The van der Waals surface area contributed by atoms with Gasteiger partial charge in [0.2, 0.25) is 5.91 Å². The third kappa shape index (κ3) is 8.89. The van der Waals surface area contributed by atoms with Crippen LogP contribution in [-0.4, -0.2) is 31.9 Å². The molecule has 0 saturated heterocycles. The molecule has 5 aromatic carbocycles. The second-order valence-electron chi connectivity index (χ2n) is 10.4. The Bertz CT molecular complexity index is 1920. The smallest absolute Gasteiger partial charge is 0.272 e. The highest BCUT2D eigenvalue weighted by Crippen LogP contribution is 2.38. The van der Waals surface area contributed by atoms with Crippen LogP contribution in [0.1, 0.15) is 26.7 Å². The van der Waals surface area contributed by atoms with Gasteiger partial charge in [-0.25, -0.2) is 4.39 Å². The first kappa shape index (κ1) is 33.5. The fourth-order valence-electron chi connectivity index (χ4n) is 4.66. The maximum absolute atomic E-state index is 13.8. The number of hydrogen-bond donors (Lipinski definition) is 3. The van der Waals surface area contributed by atoms with E-state index >= 15 is 0 Å². The van der Waals surface area contributed by atoms with Crippen LogP contribution in [0.15, 0.2) is 138 Å². The van der Waals surface area contributed by atoms with Gasteiger partial charge in [0.05, 0.1) is 19.9 Å². The van der Waals surface area contributed by atoms with Crippen molar-refractivity contribution in [2.75, 3.05) is 24.9 Å². The summed E-state index contributed by atoms with van der Waals surface area (Å²) in [5.74, 6) is -0.743. The number of hydrogen-bond acceptors (Lipinski definition) is 6. The summed E-state index contributed by atoms with van der Waals surface area (Å²) in [5.41, 5.74) is 2.51. The molecule has 8 nitrogen and oxygen atoms in total. The van der Waals surface area contributed by atoms with Gasteiger partial charge in [-0.1, -0.05) is 66.7 Å². The normalized spacial score (nSPS) is 11.6. The summed E-state index contributed by atoms with van der Waals surface area (Å²) >= 11 is 1.30. The molecule has 0 heterocycles. The lowest BCUT2D eigenvalue weighted by Gasteiger charge is -2.19. The molecule has 0 bridgehead atoms. The van der Waals surface area contributed by atoms with Crippen LogP contribution < -0.4 is 25.4 Å². The number of ether oxygens (including phenoxy) is 2. The quantitative estimate of drug-likeness (QED) is 0.0934. The topological polar surface area (TPSA) is 106 Å². The molecule has 0 fully saturated rings. The second-order valence-corrected chi connectivity index (χ2v) is 11.6. The van der Waals surface area contributed by atoms with Gasteiger partial charge in [-0.05, 0) is 71.8 Å². The van der Waals surface area contributed by atoms with E-state index in [-0.39, 0.29) is 11.6 Å². The lowest BCUT2D eigenvalue weighted by molar-refractivity contribution is -0.116. The zero-order valence-corrected chi connectivity index (χ0v) is 26.9.